The van der Waals surface area contributed by atoms with Gasteiger partial charge in [0.15, 0.2) is 0 Å². The molecular formula is C25H48O2. The fourth-order valence-electron chi connectivity index (χ4n) is 7.46. The first-order valence-electron chi connectivity index (χ1n) is 11.8. The highest BCUT2D eigenvalue weighted by atomic mass is 16.3. The van der Waals surface area contributed by atoms with Crippen LogP contribution in [0.2, 0.25) is 0 Å². The molecule has 2 N–H and O–H groups in total. The third-order valence-electron chi connectivity index (χ3n) is 8.81. The Bertz CT molecular complexity index is 469. The van der Waals surface area contributed by atoms with Crippen LogP contribution in [0, 0.1) is 34.0 Å². The predicted molar refractivity (Wildman–Crippen MR) is 116 cm³/mol. The molecule has 2 fully saturated rings. The first-order chi connectivity index (χ1) is 12.5. The quantitative estimate of drug-likeness (QED) is 0.546. The number of aliphatic hydroxyl groups is 2. The Kier molecular flexibility index (Phi) is 7.17. The Morgan fingerprint density at radius 1 is 1.00 bits per heavy atom. The molecule has 0 saturated heterocycles. The lowest BCUT2D eigenvalue weighted by atomic mass is 9.40. The van der Waals surface area contributed by atoms with Crippen molar-refractivity contribution in [2.75, 3.05) is 6.61 Å². The van der Waals surface area contributed by atoms with Crippen LogP contribution in [-0.4, -0.2) is 22.4 Å². The molecule has 160 valence electrons. The van der Waals surface area contributed by atoms with Gasteiger partial charge in [-0.05, 0) is 59.7 Å². The second-order valence-electron chi connectivity index (χ2n) is 11.8. The van der Waals surface area contributed by atoms with Gasteiger partial charge in [0.25, 0.3) is 0 Å². The molecule has 0 bridgehead atoms. The van der Waals surface area contributed by atoms with Gasteiger partial charge in [-0.2, -0.15) is 0 Å². The molecule has 0 spiro atoms. The lowest BCUT2D eigenvalue weighted by molar-refractivity contribution is -0.215. The third kappa shape index (κ3) is 4.13. The molecule has 0 aliphatic heterocycles. The van der Waals surface area contributed by atoms with E-state index in [1.807, 2.05) is 0 Å². The molecule has 2 nitrogen and oxygen atoms in total. The zero-order chi connectivity index (χ0) is 20.5. The maximum Gasteiger partial charge on any atom is 0.0685 e. The zero-order valence-electron chi connectivity index (χ0n) is 19.4. The van der Waals surface area contributed by atoms with Crippen molar-refractivity contribution in [1.82, 2.24) is 0 Å². The van der Waals surface area contributed by atoms with Gasteiger partial charge in [-0.1, -0.05) is 87.0 Å². The summed E-state index contributed by atoms with van der Waals surface area (Å²) >= 11 is 0. The maximum absolute atomic E-state index is 12.2. The normalized spacial score (nSPS) is 33.4. The summed E-state index contributed by atoms with van der Waals surface area (Å²) < 4.78 is 0. The van der Waals surface area contributed by atoms with Crippen molar-refractivity contribution in [3.63, 3.8) is 0 Å². The first-order valence-corrected chi connectivity index (χ1v) is 11.8. The fraction of sp³-hybridized carbons (Fsp3) is 1.00. The molecule has 0 aromatic carbocycles. The lowest BCUT2D eigenvalue weighted by Gasteiger charge is -2.65. The predicted octanol–water partition coefficient (Wildman–Crippen LogP) is 6.59. The van der Waals surface area contributed by atoms with Crippen LogP contribution < -0.4 is 0 Å². The number of hydrogen-bond acceptors (Lipinski definition) is 2. The van der Waals surface area contributed by atoms with Crippen molar-refractivity contribution in [3.05, 3.63) is 0 Å². The topological polar surface area (TPSA) is 40.5 Å². The summed E-state index contributed by atoms with van der Waals surface area (Å²) in [5, 5.41) is 22.8. The first kappa shape index (κ1) is 23.2. The van der Waals surface area contributed by atoms with E-state index in [1.54, 1.807) is 0 Å². The van der Waals surface area contributed by atoms with Crippen LogP contribution in [0.15, 0.2) is 0 Å². The zero-order valence-corrected chi connectivity index (χ0v) is 19.4. The number of aliphatic hydroxyl groups excluding tert-OH is 1. The van der Waals surface area contributed by atoms with Gasteiger partial charge in [0.05, 0.1) is 5.60 Å². The van der Waals surface area contributed by atoms with Crippen molar-refractivity contribution in [1.29, 1.82) is 0 Å². The van der Waals surface area contributed by atoms with Crippen molar-refractivity contribution in [2.24, 2.45) is 34.0 Å². The molecule has 2 heteroatoms. The molecule has 0 amide bonds. The van der Waals surface area contributed by atoms with Crippen molar-refractivity contribution in [2.45, 2.75) is 118 Å². The van der Waals surface area contributed by atoms with Gasteiger partial charge in [0.2, 0.25) is 0 Å². The summed E-state index contributed by atoms with van der Waals surface area (Å²) in [6.07, 6.45) is 11.5. The Morgan fingerprint density at radius 2 is 1.59 bits per heavy atom. The minimum atomic E-state index is -0.628. The molecule has 27 heavy (non-hydrogen) atoms. The average molecular weight is 381 g/mol. The van der Waals surface area contributed by atoms with E-state index in [9.17, 15) is 10.2 Å². The molecule has 2 aliphatic carbocycles. The van der Waals surface area contributed by atoms with Gasteiger partial charge in [-0.25, -0.2) is 0 Å². The Morgan fingerprint density at radius 3 is 2.04 bits per heavy atom. The van der Waals surface area contributed by atoms with Crippen LogP contribution in [-0.2, 0) is 0 Å². The molecule has 2 rings (SSSR count). The van der Waals surface area contributed by atoms with E-state index >= 15 is 0 Å². The number of rotatable bonds is 6. The van der Waals surface area contributed by atoms with Crippen LogP contribution in [0.4, 0.5) is 0 Å². The van der Waals surface area contributed by atoms with Gasteiger partial charge >= 0.3 is 0 Å². The summed E-state index contributed by atoms with van der Waals surface area (Å²) in [5.74, 6) is 0.890. The van der Waals surface area contributed by atoms with E-state index < -0.39 is 5.60 Å². The smallest absolute Gasteiger partial charge is 0.0685 e. The van der Waals surface area contributed by atoms with Gasteiger partial charge in [-0.3, -0.25) is 0 Å². The molecule has 0 radical (unpaired) electrons. The van der Waals surface area contributed by atoms with Crippen molar-refractivity contribution >= 4 is 0 Å². The Labute approximate surface area is 169 Å². The highest BCUT2D eigenvalue weighted by Crippen LogP contribution is 2.66. The average Bonchev–Trinajstić information content (AvgIpc) is 2.55. The van der Waals surface area contributed by atoms with Gasteiger partial charge in [0, 0.05) is 6.61 Å². The van der Waals surface area contributed by atoms with E-state index in [4.69, 9.17) is 0 Å². The van der Waals surface area contributed by atoms with Crippen LogP contribution >= 0.6 is 0 Å². The van der Waals surface area contributed by atoms with E-state index in [2.05, 4.69) is 48.5 Å². The van der Waals surface area contributed by atoms with Gasteiger partial charge in [0.1, 0.15) is 0 Å². The molecule has 4 atom stereocenters. The summed E-state index contributed by atoms with van der Waals surface area (Å²) in [7, 11) is 0. The molecule has 0 aromatic rings. The fourth-order valence-corrected chi connectivity index (χ4v) is 7.46. The number of hydrogen-bond donors (Lipinski definition) is 2. The summed E-state index contributed by atoms with van der Waals surface area (Å²) in [5.41, 5.74) is -0.360. The lowest BCUT2D eigenvalue weighted by Crippen LogP contribution is -2.63. The Hall–Kier alpha value is -0.0800. The summed E-state index contributed by atoms with van der Waals surface area (Å²) in [6, 6.07) is 0. The molecule has 0 aromatic heterocycles. The van der Waals surface area contributed by atoms with Crippen LogP contribution in [0.1, 0.15) is 113 Å². The molecular weight excluding hydrogens is 332 g/mol. The van der Waals surface area contributed by atoms with Gasteiger partial charge in [-0.15, -0.1) is 0 Å². The van der Waals surface area contributed by atoms with E-state index in [0.717, 1.165) is 32.1 Å². The van der Waals surface area contributed by atoms with Crippen molar-refractivity contribution < 1.29 is 10.2 Å². The van der Waals surface area contributed by atoms with Crippen LogP contribution in [0.5, 0.6) is 0 Å². The van der Waals surface area contributed by atoms with E-state index in [1.165, 1.54) is 32.1 Å². The van der Waals surface area contributed by atoms with Crippen LogP contribution in [0.25, 0.3) is 0 Å². The second-order valence-corrected chi connectivity index (χ2v) is 11.8. The molecule has 0 heterocycles. The SMILES string of the molecule is CCCC1(C(C(CO)C(C)(C)C)C2(O)CCCCC2)C(C)CCCC1(C)C. The minimum absolute atomic E-state index is 0.0133. The highest BCUT2D eigenvalue weighted by Gasteiger charge is 2.62. The highest BCUT2D eigenvalue weighted by molar-refractivity contribution is 5.11. The summed E-state index contributed by atoms with van der Waals surface area (Å²) in [6.45, 7) is 16.7. The van der Waals surface area contributed by atoms with Crippen LogP contribution in [0.3, 0.4) is 0 Å². The largest absolute Gasteiger partial charge is 0.396 e. The monoisotopic (exact) mass is 380 g/mol. The van der Waals surface area contributed by atoms with E-state index in [-0.39, 0.29) is 34.7 Å². The van der Waals surface area contributed by atoms with E-state index in [0.29, 0.717) is 5.92 Å². The molecule has 2 saturated carbocycles. The second kappa shape index (κ2) is 8.34. The third-order valence-corrected chi connectivity index (χ3v) is 8.81. The Balaban J connectivity index is 2.70. The maximum atomic E-state index is 12.2. The van der Waals surface area contributed by atoms with Crippen molar-refractivity contribution in [3.8, 4) is 0 Å². The molecule has 2 aliphatic rings. The summed E-state index contributed by atoms with van der Waals surface area (Å²) in [4.78, 5) is 0. The molecule has 4 unspecified atom stereocenters. The standard InChI is InChI=1S/C25H48O2/c1-8-14-25(19(2)13-12-15-23(25,6)7)21(20(18-26)22(3,4)5)24(27)16-10-9-11-17-24/h19-21,26-27H,8-18H2,1-7H3. The minimum Gasteiger partial charge on any atom is -0.396 e. The van der Waals surface area contributed by atoms with Gasteiger partial charge < -0.3 is 10.2 Å².